The van der Waals surface area contributed by atoms with Crippen LogP contribution in [0.15, 0.2) is 158 Å². The number of nitrogens with zero attached hydrogens (tertiary/aromatic N) is 4. The summed E-state index contributed by atoms with van der Waals surface area (Å²) < 4.78 is 5.90. The van der Waals surface area contributed by atoms with Gasteiger partial charge in [-0.1, -0.05) is 115 Å². The van der Waals surface area contributed by atoms with Gasteiger partial charge in [0.25, 0.3) is 0 Å². The van der Waals surface area contributed by atoms with Gasteiger partial charge in [0.2, 0.25) is 5.95 Å². The van der Waals surface area contributed by atoms with Gasteiger partial charge in [0.1, 0.15) is 4.83 Å². The average molecular weight is 643 g/mol. The van der Waals surface area contributed by atoms with Crippen molar-refractivity contribution >= 4 is 86.0 Å². The third-order valence-corrected chi connectivity index (χ3v) is 11.0. The molecule has 0 fully saturated rings. The lowest BCUT2D eigenvalue weighted by Crippen LogP contribution is -2.02. The SMILES string of the molecule is c1ccc(-n2c3ccccc3c3ccc4c(c5ccccc5n4-c4nc(-c5ccc6ccccc6c5)c5c(n4)sc4ccccc45)c32)cc1. The van der Waals surface area contributed by atoms with Crippen molar-refractivity contribution in [3.05, 3.63) is 158 Å². The monoisotopic (exact) mass is 642 g/mol. The van der Waals surface area contributed by atoms with Crippen LogP contribution in [0.5, 0.6) is 0 Å². The van der Waals surface area contributed by atoms with Crippen molar-refractivity contribution in [2.24, 2.45) is 0 Å². The first-order valence-corrected chi connectivity index (χ1v) is 17.3. The maximum atomic E-state index is 5.50. The molecule has 0 saturated carbocycles. The van der Waals surface area contributed by atoms with E-state index in [2.05, 4.69) is 167 Å². The third-order valence-electron chi connectivity index (χ3n) is 9.93. The number of fused-ring (bicyclic) bond motifs is 11. The van der Waals surface area contributed by atoms with E-state index in [1.807, 2.05) is 0 Å². The zero-order valence-electron chi connectivity index (χ0n) is 26.2. The topological polar surface area (TPSA) is 35.6 Å². The second-order valence-corrected chi connectivity index (χ2v) is 13.6. The molecule has 0 saturated heterocycles. The molecule has 0 aliphatic heterocycles. The lowest BCUT2D eigenvalue weighted by Gasteiger charge is -2.11. The summed E-state index contributed by atoms with van der Waals surface area (Å²) in [5.41, 5.74) is 7.72. The second-order valence-electron chi connectivity index (χ2n) is 12.6. The Morgan fingerprint density at radius 2 is 1.14 bits per heavy atom. The maximum Gasteiger partial charge on any atom is 0.236 e. The van der Waals surface area contributed by atoms with E-state index in [4.69, 9.17) is 9.97 Å². The molecule has 4 aromatic heterocycles. The maximum absolute atomic E-state index is 5.50. The second kappa shape index (κ2) is 10.1. The Morgan fingerprint density at radius 3 is 2.00 bits per heavy atom. The lowest BCUT2D eigenvalue weighted by atomic mass is 10.0. The van der Waals surface area contributed by atoms with E-state index in [1.54, 1.807) is 11.3 Å². The molecule has 0 radical (unpaired) electrons. The van der Waals surface area contributed by atoms with Crippen molar-refractivity contribution in [2.75, 3.05) is 0 Å². The van der Waals surface area contributed by atoms with E-state index >= 15 is 0 Å². The summed E-state index contributed by atoms with van der Waals surface area (Å²) in [7, 11) is 0. The van der Waals surface area contributed by atoms with Gasteiger partial charge in [-0.15, -0.1) is 11.3 Å². The lowest BCUT2D eigenvalue weighted by molar-refractivity contribution is 1.02. The highest BCUT2D eigenvalue weighted by atomic mass is 32.1. The zero-order valence-corrected chi connectivity index (χ0v) is 27.0. The van der Waals surface area contributed by atoms with Crippen LogP contribution in [0.1, 0.15) is 0 Å². The first kappa shape index (κ1) is 26.7. The summed E-state index contributed by atoms with van der Waals surface area (Å²) in [5.74, 6) is 0.676. The van der Waals surface area contributed by atoms with Gasteiger partial charge in [-0.2, -0.15) is 0 Å². The van der Waals surface area contributed by atoms with E-state index in [1.165, 1.54) is 53.4 Å². The summed E-state index contributed by atoms with van der Waals surface area (Å²) in [6, 6.07) is 56.4. The van der Waals surface area contributed by atoms with E-state index in [-0.39, 0.29) is 0 Å². The van der Waals surface area contributed by atoms with Crippen molar-refractivity contribution in [1.29, 1.82) is 0 Å². The van der Waals surface area contributed by atoms with E-state index in [9.17, 15) is 0 Å². The standard InChI is InChI=1S/C44H26N4S/c1-2-14-30(15-3-1)47-35-19-9-6-16-31(35)32-24-25-37-39(42(32)47)33-17-7-10-20-36(33)48(37)44-45-41(29-23-22-27-12-4-5-13-28(27)26-29)40-34-18-8-11-21-38(34)49-43(40)46-44/h1-26H. The van der Waals surface area contributed by atoms with E-state index < -0.39 is 0 Å². The summed E-state index contributed by atoms with van der Waals surface area (Å²) >= 11 is 1.73. The predicted octanol–water partition coefficient (Wildman–Crippen LogP) is 11.9. The van der Waals surface area contributed by atoms with E-state index in [0.717, 1.165) is 38.2 Å². The Hall–Kier alpha value is -6.30. The highest BCUT2D eigenvalue weighted by Gasteiger charge is 2.23. The van der Waals surface area contributed by atoms with Crippen LogP contribution in [-0.2, 0) is 0 Å². The van der Waals surface area contributed by atoms with E-state index in [0.29, 0.717) is 5.95 Å². The molecule has 4 nitrogen and oxygen atoms in total. The fourth-order valence-corrected chi connectivity index (χ4v) is 8.90. The molecule has 0 bridgehead atoms. The summed E-state index contributed by atoms with van der Waals surface area (Å²) in [5, 5.41) is 9.54. The minimum absolute atomic E-state index is 0.676. The van der Waals surface area contributed by atoms with Gasteiger partial charge >= 0.3 is 0 Å². The molecule has 0 N–H and O–H groups in total. The number of hydrogen-bond donors (Lipinski definition) is 0. The Kier molecular flexibility index (Phi) is 5.51. The van der Waals surface area contributed by atoms with Crippen LogP contribution in [0.2, 0.25) is 0 Å². The van der Waals surface area contributed by atoms with Crippen LogP contribution in [0.25, 0.3) is 97.6 Å². The number of thiophene rings is 1. The molecule has 7 aromatic carbocycles. The average Bonchev–Trinajstić information content (AvgIpc) is 3.82. The van der Waals surface area contributed by atoms with Crippen molar-refractivity contribution in [2.45, 2.75) is 0 Å². The predicted molar refractivity (Wildman–Crippen MR) is 207 cm³/mol. The molecule has 0 unspecified atom stereocenters. The summed E-state index contributed by atoms with van der Waals surface area (Å²) in [6.07, 6.45) is 0. The van der Waals surface area contributed by atoms with Crippen LogP contribution in [0.4, 0.5) is 0 Å². The highest BCUT2D eigenvalue weighted by molar-refractivity contribution is 7.25. The third kappa shape index (κ3) is 3.79. The molecule has 49 heavy (non-hydrogen) atoms. The van der Waals surface area contributed by atoms with Gasteiger partial charge in [-0.3, -0.25) is 4.57 Å². The zero-order chi connectivity index (χ0) is 32.1. The van der Waals surface area contributed by atoms with Crippen molar-refractivity contribution in [1.82, 2.24) is 19.1 Å². The van der Waals surface area contributed by atoms with Crippen LogP contribution < -0.4 is 0 Å². The van der Waals surface area contributed by atoms with Crippen molar-refractivity contribution < 1.29 is 0 Å². The molecule has 5 heteroatoms. The van der Waals surface area contributed by atoms with Crippen LogP contribution >= 0.6 is 11.3 Å². The largest absolute Gasteiger partial charge is 0.309 e. The Morgan fingerprint density at radius 1 is 0.449 bits per heavy atom. The van der Waals surface area contributed by atoms with Gasteiger partial charge in [0.15, 0.2) is 0 Å². The van der Waals surface area contributed by atoms with Crippen molar-refractivity contribution in [3.63, 3.8) is 0 Å². The number of hydrogen-bond acceptors (Lipinski definition) is 3. The van der Waals surface area contributed by atoms with Gasteiger partial charge < -0.3 is 4.57 Å². The number of para-hydroxylation sites is 3. The molecule has 0 spiro atoms. The number of rotatable bonds is 3. The number of benzene rings is 7. The molecule has 0 aliphatic rings. The highest BCUT2D eigenvalue weighted by Crippen LogP contribution is 2.43. The first-order valence-electron chi connectivity index (χ1n) is 16.5. The Bertz CT molecular complexity index is 3110. The van der Waals surface area contributed by atoms with Gasteiger partial charge in [0.05, 0.1) is 27.8 Å². The molecule has 11 aromatic rings. The molecule has 0 atom stereocenters. The molecule has 0 aliphatic carbocycles. The molecule has 0 amide bonds. The Balaban J connectivity index is 1.29. The minimum Gasteiger partial charge on any atom is -0.309 e. The van der Waals surface area contributed by atoms with Crippen LogP contribution in [0.3, 0.4) is 0 Å². The Labute approximate surface area is 284 Å². The fourth-order valence-electron chi connectivity index (χ4n) is 7.83. The molecule has 11 rings (SSSR count). The van der Waals surface area contributed by atoms with Crippen LogP contribution in [-0.4, -0.2) is 19.1 Å². The molecule has 228 valence electrons. The smallest absolute Gasteiger partial charge is 0.236 e. The quantitative estimate of drug-likeness (QED) is 0.192. The normalized spacial score (nSPS) is 12.1. The molecule has 4 heterocycles. The fraction of sp³-hybridized carbons (Fsp3) is 0. The minimum atomic E-state index is 0.676. The van der Waals surface area contributed by atoms with Crippen molar-refractivity contribution in [3.8, 4) is 22.9 Å². The summed E-state index contributed by atoms with van der Waals surface area (Å²) in [6.45, 7) is 0. The first-order chi connectivity index (χ1) is 24.3. The van der Waals surface area contributed by atoms with Gasteiger partial charge in [-0.05, 0) is 53.2 Å². The van der Waals surface area contributed by atoms with Gasteiger partial charge in [-0.25, -0.2) is 9.97 Å². The van der Waals surface area contributed by atoms with Gasteiger partial charge in [0, 0.05) is 48.3 Å². The molecular formula is C44H26N4S. The number of aromatic nitrogens is 4. The summed E-state index contributed by atoms with van der Waals surface area (Å²) in [4.78, 5) is 11.9. The molecular weight excluding hydrogens is 617 g/mol. The van der Waals surface area contributed by atoms with Crippen LogP contribution in [0, 0.1) is 0 Å².